The standard InChI is InChI=1S/C6H12O7.Co.3H2O/c7-1-2(8)3(9)4(10)5(11)6(12)13;;;;/h2-5,7-11H,1H2,(H,12,13);;3*1H2/t2-,3-,4+,5-;;;;/m1..../s1. The second-order valence-corrected chi connectivity index (χ2v) is 2.51. The number of aliphatic hydroxyl groups excluding tert-OH is 5. The van der Waals surface area contributed by atoms with Crippen molar-refractivity contribution in [2.24, 2.45) is 0 Å². The van der Waals surface area contributed by atoms with Crippen LogP contribution in [0.15, 0.2) is 0 Å². The number of rotatable bonds is 5. The molecule has 10 nitrogen and oxygen atoms in total. The largest absolute Gasteiger partial charge is 0.479 e. The van der Waals surface area contributed by atoms with Crippen molar-refractivity contribution in [1.29, 1.82) is 0 Å². The van der Waals surface area contributed by atoms with Gasteiger partial charge < -0.3 is 47.1 Å². The summed E-state index contributed by atoms with van der Waals surface area (Å²) in [6, 6.07) is 0. The van der Waals surface area contributed by atoms with E-state index in [4.69, 9.17) is 30.6 Å². The summed E-state index contributed by atoms with van der Waals surface area (Å²) < 4.78 is 0. The second kappa shape index (κ2) is 13.7. The summed E-state index contributed by atoms with van der Waals surface area (Å²) in [7, 11) is 0. The third-order valence-corrected chi connectivity index (χ3v) is 1.51. The monoisotopic (exact) mass is 309 g/mol. The minimum absolute atomic E-state index is 0. The fourth-order valence-electron chi connectivity index (χ4n) is 0.668. The van der Waals surface area contributed by atoms with E-state index in [0.717, 1.165) is 0 Å². The number of hydrogen-bond acceptors (Lipinski definition) is 6. The Hall–Kier alpha value is -0.344. The molecular weight excluding hydrogens is 291 g/mol. The van der Waals surface area contributed by atoms with Crippen LogP contribution in [0.4, 0.5) is 0 Å². The normalized spacial score (nSPS) is 15.6. The molecule has 0 aliphatic heterocycles. The van der Waals surface area contributed by atoms with E-state index in [9.17, 15) is 4.79 Å². The van der Waals surface area contributed by atoms with Crippen molar-refractivity contribution in [3.8, 4) is 0 Å². The molecule has 0 aliphatic carbocycles. The SMILES string of the molecule is O.O.O.O=C(O)[C@H](O)[C@@H](O)[C@H](O)[C@H](O)CO.[Co]. The second-order valence-electron chi connectivity index (χ2n) is 2.51. The molecule has 0 saturated carbocycles. The van der Waals surface area contributed by atoms with Crippen molar-refractivity contribution >= 4 is 5.97 Å². The van der Waals surface area contributed by atoms with Crippen molar-refractivity contribution in [3.63, 3.8) is 0 Å². The van der Waals surface area contributed by atoms with Gasteiger partial charge in [0.1, 0.15) is 18.3 Å². The van der Waals surface area contributed by atoms with Gasteiger partial charge in [-0.15, -0.1) is 0 Å². The van der Waals surface area contributed by atoms with Crippen LogP contribution in [-0.2, 0) is 21.6 Å². The summed E-state index contributed by atoms with van der Waals surface area (Å²) in [6.45, 7) is -0.843. The van der Waals surface area contributed by atoms with Crippen molar-refractivity contribution in [3.05, 3.63) is 0 Å². The minimum Gasteiger partial charge on any atom is -0.479 e. The van der Waals surface area contributed by atoms with Gasteiger partial charge in [-0.1, -0.05) is 0 Å². The summed E-state index contributed by atoms with van der Waals surface area (Å²) in [4.78, 5) is 10.1. The number of hydrogen-bond donors (Lipinski definition) is 6. The fraction of sp³-hybridized carbons (Fsp3) is 0.833. The molecule has 0 saturated heterocycles. The molecule has 0 amide bonds. The first-order chi connectivity index (χ1) is 5.91. The zero-order chi connectivity index (χ0) is 10.6. The van der Waals surface area contributed by atoms with Crippen molar-refractivity contribution in [1.82, 2.24) is 0 Å². The third-order valence-electron chi connectivity index (χ3n) is 1.51. The van der Waals surface area contributed by atoms with E-state index in [1.54, 1.807) is 0 Å². The maximum Gasteiger partial charge on any atom is 0.335 e. The molecule has 0 unspecified atom stereocenters. The Morgan fingerprint density at radius 3 is 1.53 bits per heavy atom. The molecule has 0 fully saturated rings. The summed E-state index contributed by atoms with van der Waals surface area (Å²) in [5, 5.41) is 51.8. The van der Waals surface area contributed by atoms with Crippen LogP contribution in [0.5, 0.6) is 0 Å². The molecule has 1 radical (unpaired) electrons. The van der Waals surface area contributed by atoms with Crippen LogP contribution in [-0.4, -0.2) is 84.1 Å². The molecule has 17 heavy (non-hydrogen) atoms. The van der Waals surface area contributed by atoms with E-state index in [1.165, 1.54) is 0 Å². The Bertz CT molecular complexity index is 178. The van der Waals surface area contributed by atoms with Crippen LogP contribution in [0.1, 0.15) is 0 Å². The molecule has 0 aromatic carbocycles. The van der Waals surface area contributed by atoms with Gasteiger partial charge in [-0.2, -0.15) is 0 Å². The Balaban J connectivity index is -0.000000120. The molecule has 0 bridgehead atoms. The first kappa shape index (κ1) is 30.0. The zero-order valence-electron chi connectivity index (χ0n) is 8.44. The average Bonchev–Trinajstić information content (AvgIpc) is 2.12. The first-order valence-corrected chi connectivity index (χ1v) is 3.47. The van der Waals surface area contributed by atoms with Gasteiger partial charge in [0.05, 0.1) is 6.61 Å². The van der Waals surface area contributed by atoms with E-state index >= 15 is 0 Å². The van der Waals surface area contributed by atoms with Crippen LogP contribution in [0.3, 0.4) is 0 Å². The predicted molar refractivity (Wildman–Crippen MR) is 49.6 cm³/mol. The third kappa shape index (κ3) is 9.37. The summed E-state index contributed by atoms with van der Waals surface area (Å²) in [6.07, 6.45) is -7.84. The van der Waals surface area contributed by atoms with Gasteiger partial charge in [-0.05, 0) is 0 Å². The minimum atomic E-state index is -2.20. The molecule has 0 heterocycles. The summed E-state index contributed by atoms with van der Waals surface area (Å²) >= 11 is 0. The number of aliphatic carboxylic acids is 1. The van der Waals surface area contributed by atoms with E-state index < -0.39 is 37.0 Å². The van der Waals surface area contributed by atoms with E-state index in [2.05, 4.69) is 0 Å². The molecule has 0 aromatic heterocycles. The van der Waals surface area contributed by atoms with Crippen molar-refractivity contribution in [2.75, 3.05) is 6.61 Å². The van der Waals surface area contributed by atoms with Crippen molar-refractivity contribution < 1.29 is 68.6 Å². The number of carbonyl (C=O) groups is 1. The number of carboxylic acids is 1. The van der Waals surface area contributed by atoms with Crippen LogP contribution >= 0.6 is 0 Å². The summed E-state index contributed by atoms with van der Waals surface area (Å²) in [5.74, 6) is -1.73. The van der Waals surface area contributed by atoms with Gasteiger partial charge in [0.15, 0.2) is 6.10 Å². The first-order valence-electron chi connectivity index (χ1n) is 3.47. The van der Waals surface area contributed by atoms with Crippen molar-refractivity contribution in [2.45, 2.75) is 24.4 Å². The van der Waals surface area contributed by atoms with Gasteiger partial charge in [0, 0.05) is 16.8 Å². The van der Waals surface area contributed by atoms with Crippen LogP contribution in [0.2, 0.25) is 0 Å². The molecule has 0 aromatic rings. The van der Waals surface area contributed by atoms with Crippen LogP contribution in [0, 0.1) is 0 Å². The Morgan fingerprint density at radius 2 is 1.29 bits per heavy atom. The van der Waals surface area contributed by atoms with E-state index in [1.807, 2.05) is 0 Å². The van der Waals surface area contributed by atoms with Gasteiger partial charge in [0.25, 0.3) is 0 Å². The molecule has 11 heteroatoms. The zero-order valence-corrected chi connectivity index (χ0v) is 9.48. The van der Waals surface area contributed by atoms with Crippen LogP contribution in [0.25, 0.3) is 0 Å². The van der Waals surface area contributed by atoms with Crippen LogP contribution < -0.4 is 0 Å². The molecule has 111 valence electrons. The molecule has 4 atom stereocenters. The molecule has 12 N–H and O–H groups in total. The van der Waals surface area contributed by atoms with Gasteiger partial charge in [0.2, 0.25) is 0 Å². The van der Waals surface area contributed by atoms with E-state index in [0.29, 0.717) is 0 Å². The quantitative estimate of drug-likeness (QED) is 0.287. The molecule has 0 aliphatic rings. The number of aliphatic hydroxyl groups is 5. The Morgan fingerprint density at radius 1 is 0.941 bits per heavy atom. The topological polar surface area (TPSA) is 233 Å². The number of carboxylic acid groups (broad SMARTS) is 1. The smallest absolute Gasteiger partial charge is 0.335 e. The maximum atomic E-state index is 10.1. The van der Waals surface area contributed by atoms with Gasteiger partial charge in [-0.25, -0.2) is 4.79 Å². The molecule has 0 spiro atoms. The molecule has 0 rings (SSSR count). The Labute approximate surface area is 106 Å². The maximum absolute atomic E-state index is 10.1. The Kier molecular flexibility index (Phi) is 24.3. The van der Waals surface area contributed by atoms with Gasteiger partial charge >= 0.3 is 5.97 Å². The van der Waals surface area contributed by atoms with E-state index in [-0.39, 0.29) is 33.2 Å². The predicted octanol–water partition coefficient (Wildman–Crippen LogP) is -5.97. The molecular formula is C6H18CoO10. The fourth-order valence-corrected chi connectivity index (χ4v) is 0.668. The average molecular weight is 309 g/mol. The van der Waals surface area contributed by atoms with Gasteiger partial charge in [-0.3, -0.25) is 0 Å². The summed E-state index contributed by atoms with van der Waals surface area (Å²) in [5.41, 5.74) is 0.